The second-order valence-electron chi connectivity index (χ2n) is 3.27. The van der Waals surface area contributed by atoms with E-state index in [-0.39, 0.29) is 12.3 Å². The number of carbonyl (C=O) groups excluding carboxylic acids is 1. The van der Waals surface area contributed by atoms with Crippen LogP contribution in [0.1, 0.15) is 32.1 Å². The topological polar surface area (TPSA) is 81.9 Å². The third kappa shape index (κ3) is 2.69. The molecule has 1 aliphatic carbocycles. The highest BCUT2D eigenvalue weighted by molar-refractivity contribution is 5.90. The van der Waals surface area contributed by atoms with E-state index in [1.165, 1.54) is 0 Å². The molecule has 74 valence electrons. The Morgan fingerprint density at radius 2 is 2.38 bits per heavy atom. The Bertz CT molecular complexity index is 215. The van der Waals surface area contributed by atoms with Gasteiger partial charge in [0.15, 0.2) is 0 Å². The van der Waals surface area contributed by atoms with E-state index in [1.807, 2.05) is 0 Å². The van der Waals surface area contributed by atoms with E-state index < -0.39 is 5.91 Å². The van der Waals surface area contributed by atoms with Crippen molar-refractivity contribution < 1.29 is 15.2 Å². The lowest BCUT2D eigenvalue weighted by atomic mass is 9.85. The number of rotatable bonds is 2. The van der Waals surface area contributed by atoms with Gasteiger partial charge in [-0.3, -0.25) is 10.0 Å². The first-order chi connectivity index (χ1) is 6.27. The lowest BCUT2D eigenvalue weighted by Gasteiger charge is -2.21. The van der Waals surface area contributed by atoms with Gasteiger partial charge in [-0.25, -0.2) is 5.48 Å². The molecule has 0 aliphatic heterocycles. The van der Waals surface area contributed by atoms with E-state index >= 15 is 0 Å². The van der Waals surface area contributed by atoms with Gasteiger partial charge in [-0.15, -0.1) is 0 Å². The normalized spacial score (nSPS) is 25.9. The molecule has 1 amide bonds. The molecule has 1 atom stereocenters. The Kier molecular flexibility index (Phi) is 3.70. The van der Waals surface area contributed by atoms with Gasteiger partial charge in [0.1, 0.15) is 0 Å². The number of hydroxylamine groups is 1. The predicted octanol–water partition coefficient (Wildman–Crippen LogP) is 0.902. The highest BCUT2D eigenvalue weighted by Gasteiger charge is 2.23. The summed E-state index contributed by atoms with van der Waals surface area (Å²) in [6.45, 7) is 0. The molecule has 0 bridgehead atoms. The summed E-state index contributed by atoms with van der Waals surface area (Å²) in [5.41, 5.74) is 2.26. The maximum atomic E-state index is 10.8. The summed E-state index contributed by atoms with van der Waals surface area (Å²) in [5, 5.41) is 20.1. The Labute approximate surface area is 76.4 Å². The number of hydrogen-bond acceptors (Lipinski definition) is 4. The van der Waals surface area contributed by atoms with Gasteiger partial charge >= 0.3 is 0 Å². The van der Waals surface area contributed by atoms with E-state index in [1.54, 1.807) is 5.48 Å². The third-order valence-electron chi connectivity index (χ3n) is 2.39. The van der Waals surface area contributed by atoms with Crippen LogP contribution >= 0.6 is 0 Å². The van der Waals surface area contributed by atoms with Gasteiger partial charge in [-0.1, -0.05) is 11.6 Å². The molecule has 1 saturated carbocycles. The van der Waals surface area contributed by atoms with Crippen molar-refractivity contribution in [1.29, 1.82) is 0 Å². The SMILES string of the molecule is O=C(CC1CCCCC1=NO)NO. The van der Waals surface area contributed by atoms with Gasteiger partial charge in [0, 0.05) is 12.3 Å². The molecule has 0 saturated heterocycles. The smallest absolute Gasteiger partial charge is 0.243 e. The lowest BCUT2D eigenvalue weighted by Crippen LogP contribution is -2.27. The van der Waals surface area contributed by atoms with Gasteiger partial charge in [0.25, 0.3) is 0 Å². The third-order valence-corrected chi connectivity index (χ3v) is 2.39. The zero-order valence-corrected chi connectivity index (χ0v) is 7.36. The summed E-state index contributed by atoms with van der Waals surface area (Å²) >= 11 is 0. The van der Waals surface area contributed by atoms with Crippen molar-refractivity contribution in [2.45, 2.75) is 32.1 Å². The Morgan fingerprint density at radius 3 is 3.00 bits per heavy atom. The minimum Gasteiger partial charge on any atom is -0.411 e. The van der Waals surface area contributed by atoms with Crippen LogP contribution in [0.25, 0.3) is 0 Å². The van der Waals surface area contributed by atoms with Crippen LogP contribution in [0.2, 0.25) is 0 Å². The zero-order chi connectivity index (χ0) is 9.68. The van der Waals surface area contributed by atoms with Crippen molar-refractivity contribution in [3.05, 3.63) is 0 Å². The maximum absolute atomic E-state index is 10.8. The summed E-state index contributed by atoms with van der Waals surface area (Å²) in [5.74, 6) is -0.432. The van der Waals surface area contributed by atoms with Crippen molar-refractivity contribution in [1.82, 2.24) is 5.48 Å². The average Bonchev–Trinajstić information content (AvgIpc) is 2.18. The van der Waals surface area contributed by atoms with Gasteiger partial charge in [0.2, 0.25) is 5.91 Å². The number of carbonyl (C=O) groups is 1. The fourth-order valence-electron chi connectivity index (χ4n) is 1.69. The number of oxime groups is 1. The number of amides is 1. The standard InChI is InChI=1S/C8H14N2O3/c11-8(10-13)5-6-3-1-2-4-7(6)9-12/h6,12-13H,1-5H2,(H,10,11). The fraction of sp³-hybridized carbons (Fsp3) is 0.750. The molecule has 1 fully saturated rings. The molecular formula is C8H14N2O3. The van der Waals surface area contributed by atoms with Crippen LogP contribution in [0.3, 0.4) is 0 Å². The monoisotopic (exact) mass is 186 g/mol. The second-order valence-corrected chi connectivity index (χ2v) is 3.27. The molecule has 5 heteroatoms. The van der Waals surface area contributed by atoms with Gasteiger partial charge < -0.3 is 5.21 Å². The first kappa shape index (κ1) is 9.98. The van der Waals surface area contributed by atoms with Crippen LogP contribution < -0.4 is 5.48 Å². The molecule has 5 nitrogen and oxygen atoms in total. The molecule has 0 radical (unpaired) electrons. The number of hydrogen-bond donors (Lipinski definition) is 3. The minimum atomic E-state index is -0.423. The van der Waals surface area contributed by atoms with E-state index in [2.05, 4.69) is 5.16 Å². The van der Waals surface area contributed by atoms with Crippen molar-refractivity contribution >= 4 is 11.6 Å². The Morgan fingerprint density at radius 1 is 1.62 bits per heavy atom. The molecule has 0 spiro atoms. The van der Waals surface area contributed by atoms with Crippen LogP contribution in [0.15, 0.2) is 5.16 Å². The van der Waals surface area contributed by atoms with Gasteiger partial charge in [-0.05, 0) is 19.3 Å². The zero-order valence-electron chi connectivity index (χ0n) is 7.36. The summed E-state index contributed by atoms with van der Waals surface area (Å²) < 4.78 is 0. The van der Waals surface area contributed by atoms with Crippen LogP contribution in [0, 0.1) is 5.92 Å². The minimum absolute atomic E-state index is 0.00843. The quantitative estimate of drug-likeness (QED) is 0.340. The van der Waals surface area contributed by atoms with E-state index in [9.17, 15) is 4.79 Å². The molecule has 0 aromatic rings. The molecule has 0 heterocycles. The Balaban J connectivity index is 2.50. The molecular weight excluding hydrogens is 172 g/mol. The number of nitrogens with zero attached hydrogens (tertiary/aromatic N) is 1. The molecule has 1 unspecified atom stereocenters. The van der Waals surface area contributed by atoms with Crippen LogP contribution in [0.5, 0.6) is 0 Å². The van der Waals surface area contributed by atoms with Crippen molar-refractivity contribution in [2.24, 2.45) is 11.1 Å². The van der Waals surface area contributed by atoms with Crippen LogP contribution in [-0.4, -0.2) is 22.0 Å². The molecule has 0 aromatic heterocycles. The highest BCUT2D eigenvalue weighted by Crippen LogP contribution is 2.24. The summed E-state index contributed by atoms with van der Waals surface area (Å²) in [6.07, 6.45) is 3.86. The summed E-state index contributed by atoms with van der Waals surface area (Å²) in [7, 11) is 0. The van der Waals surface area contributed by atoms with Crippen LogP contribution in [-0.2, 0) is 4.79 Å². The molecule has 3 N–H and O–H groups in total. The first-order valence-corrected chi connectivity index (χ1v) is 4.41. The van der Waals surface area contributed by atoms with E-state index in [0.717, 1.165) is 25.7 Å². The van der Waals surface area contributed by atoms with Crippen molar-refractivity contribution in [3.8, 4) is 0 Å². The average molecular weight is 186 g/mol. The second kappa shape index (κ2) is 4.81. The lowest BCUT2D eigenvalue weighted by molar-refractivity contribution is -0.129. The Hall–Kier alpha value is -1.10. The van der Waals surface area contributed by atoms with E-state index in [4.69, 9.17) is 10.4 Å². The van der Waals surface area contributed by atoms with Gasteiger partial charge in [-0.2, -0.15) is 0 Å². The van der Waals surface area contributed by atoms with Gasteiger partial charge in [0.05, 0.1) is 5.71 Å². The van der Waals surface area contributed by atoms with Crippen molar-refractivity contribution in [3.63, 3.8) is 0 Å². The van der Waals surface area contributed by atoms with Crippen molar-refractivity contribution in [2.75, 3.05) is 0 Å². The summed E-state index contributed by atoms with van der Waals surface area (Å²) in [4.78, 5) is 10.8. The molecule has 1 aliphatic rings. The first-order valence-electron chi connectivity index (χ1n) is 4.41. The van der Waals surface area contributed by atoms with E-state index in [0.29, 0.717) is 5.71 Å². The number of nitrogens with one attached hydrogen (secondary N) is 1. The predicted molar refractivity (Wildman–Crippen MR) is 45.7 cm³/mol. The molecule has 13 heavy (non-hydrogen) atoms. The largest absolute Gasteiger partial charge is 0.411 e. The molecule has 1 rings (SSSR count). The highest BCUT2D eigenvalue weighted by atomic mass is 16.5. The summed E-state index contributed by atoms with van der Waals surface area (Å²) in [6, 6.07) is 0. The molecule has 0 aromatic carbocycles. The maximum Gasteiger partial charge on any atom is 0.243 e. The van der Waals surface area contributed by atoms with Crippen LogP contribution in [0.4, 0.5) is 0 Å². The fourth-order valence-corrected chi connectivity index (χ4v) is 1.69.